The summed E-state index contributed by atoms with van der Waals surface area (Å²) >= 11 is 0. The SMILES string of the molecule is NCC1CCCC1C(=O)Nc1ccc2c(c1)OCCCO2. The Kier molecular flexibility index (Phi) is 4.29. The van der Waals surface area contributed by atoms with Gasteiger partial charge in [-0.3, -0.25) is 4.79 Å². The zero-order valence-corrected chi connectivity index (χ0v) is 12.1. The number of anilines is 1. The van der Waals surface area contributed by atoms with E-state index in [-0.39, 0.29) is 11.8 Å². The second kappa shape index (κ2) is 6.35. The number of fused-ring (bicyclic) bond motifs is 1. The van der Waals surface area contributed by atoms with Crippen molar-refractivity contribution in [3.05, 3.63) is 18.2 Å². The largest absolute Gasteiger partial charge is 0.490 e. The first-order valence-electron chi connectivity index (χ1n) is 7.68. The predicted molar refractivity (Wildman–Crippen MR) is 80.6 cm³/mol. The summed E-state index contributed by atoms with van der Waals surface area (Å²) in [5.74, 6) is 1.85. The number of amides is 1. The lowest BCUT2D eigenvalue weighted by molar-refractivity contribution is -0.120. The van der Waals surface area contributed by atoms with Crippen LogP contribution in [0.2, 0.25) is 0 Å². The van der Waals surface area contributed by atoms with E-state index in [1.165, 1.54) is 0 Å². The minimum Gasteiger partial charge on any atom is -0.490 e. The maximum Gasteiger partial charge on any atom is 0.227 e. The lowest BCUT2D eigenvalue weighted by Gasteiger charge is -2.18. The van der Waals surface area contributed by atoms with Gasteiger partial charge >= 0.3 is 0 Å². The summed E-state index contributed by atoms with van der Waals surface area (Å²) in [6.45, 7) is 1.89. The van der Waals surface area contributed by atoms with Crippen LogP contribution in [-0.2, 0) is 4.79 Å². The van der Waals surface area contributed by atoms with Crippen LogP contribution in [0.15, 0.2) is 18.2 Å². The van der Waals surface area contributed by atoms with Gasteiger partial charge in [-0.25, -0.2) is 0 Å². The van der Waals surface area contributed by atoms with Crippen molar-refractivity contribution in [3.8, 4) is 11.5 Å². The third-order valence-corrected chi connectivity index (χ3v) is 4.31. The molecule has 114 valence electrons. The van der Waals surface area contributed by atoms with Gasteiger partial charge in [0.15, 0.2) is 11.5 Å². The standard InChI is InChI=1S/C16H22N2O3/c17-10-11-3-1-4-13(11)16(19)18-12-5-6-14-15(9-12)21-8-2-7-20-14/h5-6,9,11,13H,1-4,7-8,10,17H2,(H,18,19). The fourth-order valence-corrected chi connectivity index (χ4v) is 3.14. The second-order valence-corrected chi connectivity index (χ2v) is 5.73. The van der Waals surface area contributed by atoms with Gasteiger partial charge in [0.25, 0.3) is 0 Å². The Morgan fingerprint density at radius 1 is 1.19 bits per heavy atom. The van der Waals surface area contributed by atoms with E-state index in [9.17, 15) is 4.79 Å². The summed E-state index contributed by atoms with van der Waals surface area (Å²) in [5.41, 5.74) is 6.50. The van der Waals surface area contributed by atoms with E-state index in [0.29, 0.717) is 31.4 Å². The second-order valence-electron chi connectivity index (χ2n) is 5.73. The first-order valence-corrected chi connectivity index (χ1v) is 7.68. The van der Waals surface area contributed by atoms with Crippen LogP contribution in [0.5, 0.6) is 11.5 Å². The molecule has 2 unspecified atom stereocenters. The van der Waals surface area contributed by atoms with Gasteiger partial charge in [0.05, 0.1) is 13.2 Å². The molecule has 1 saturated carbocycles. The molecule has 2 atom stereocenters. The third-order valence-electron chi connectivity index (χ3n) is 4.31. The molecule has 5 heteroatoms. The third kappa shape index (κ3) is 3.13. The number of carbonyl (C=O) groups excluding carboxylic acids is 1. The molecule has 0 saturated heterocycles. The van der Waals surface area contributed by atoms with Crippen molar-refractivity contribution in [2.45, 2.75) is 25.7 Å². The predicted octanol–water partition coefficient (Wildman–Crippen LogP) is 2.16. The Hall–Kier alpha value is -1.75. The van der Waals surface area contributed by atoms with Crippen LogP contribution in [0.25, 0.3) is 0 Å². The summed E-state index contributed by atoms with van der Waals surface area (Å²) in [5, 5.41) is 2.99. The highest BCUT2D eigenvalue weighted by Gasteiger charge is 2.32. The van der Waals surface area contributed by atoms with Crippen molar-refractivity contribution in [1.82, 2.24) is 0 Å². The first-order chi connectivity index (χ1) is 10.3. The van der Waals surface area contributed by atoms with Crippen molar-refractivity contribution < 1.29 is 14.3 Å². The highest BCUT2D eigenvalue weighted by molar-refractivity contribution is 5.93. The molecule has 0 bridgehead atoms. The average molecular weight is 290 g/mol. The molecular weight excluding hydrogens is 268 g/mol. The molecule has 0 aromatic heterocycles. The van der Waals surface area contributed by atoms with Crippen LogP contribution in [0.1, 0.15) is 25.7 Å². The van der Waals surface area contributed by atoms with Crippen molar-refractivity contribution in [3.63, 3.8) is 0 Å². The number of nitrogens with one attached hydrogen (secondary N) is 1. The number of hydrogen-bond donors (Lipinski definition) is 2. The van der Waals surface area contributed by atoms with Gasteiger partial charge in [-0.1, -0.05) is 6.42 Å². The Morgan fingerprint density at radius 2 is 2.00 bits per heavy atom. The zero-order valence-electron chi connectivity index (χ0n) is 12.1. The smallest absolute Gasteiger partial charge is 0.227 e. The molecule has 5 nitrogen and oxygen atoms in total. The Balaban J connectivity index is 1.70. The summed E-state index contributed by atoms with van der Waals surface area (Å²) < 4.78 is 11.2. The minimum absolute atomic E-state index is 0.0333. The summed E-state index contributed by atoms with van der Waals surface area (Å²) in [6, 6.07) is 5.55. The maximum absolute atomic E-state index is 12.4. The van der Waals surface area contributed by atoms with E-state index < -0.39 is 0 Å². The van der Waals surface area contributed by atoms with Gasteiger partial charge < -0.3 is 20.5 Å². The fourth-order valence-electron chi connectivity index (χ4n) is 3.14. The van der Waals surface area contributed by atoms with Gasteiger partial charge in [-0.15, -0.1) is 0 Å². The molecule has 1 fully saturated rings. The van der Waals surface area contributed by atoms with Crippen LogP contribution < -0.4 is 20.5 Å². The number of carbonyl (C=O) groups is 1. The van der Waals surface area contributed by atoms with Crippen molar-refractivity contribution in [1.29, 1.82) is 0 Å². The van der Waals surface area contributed by atoms with E-state index in [4.69, 9.17) is 15.2 Å². The Bertz CT molecular complexity index is 518. The van der Waals surface area contributed by atoms with Crippen LogP contribution in [0.4, 0.5) is 5.69 Å². The molecule has 1 aromatic rings. The van der Waals surface area contributed by atoms with E-state index in [0.717, 1.165) is 37.1 Å². The Morgan fingerprint density at radius 3 is 2.81 bits per heavy atom. The first kappa shape index (κ1) is 14.2. The van der Waals surface area contributed by atoms with Crippen LogP contribution in [0, 0.1) is 11.8 Å². The molecule has 1 heterocycles. The number of ether oxygens (including phenoxy) is 2. The summed E-state index contributed by atoms with van der Waals surface area (Å²) in [4.78, 5) is 12.4. The van der Waals surface area contributed by atoms with E-state index >= 15 is 0 Å². The molecule has 3 rings (SSSR count). The molecule has 0 radical (unpaired) electrons. The number of benzene rings is 1. The lowest BCUT2D eigenvalue weighted by Crippen LogP contribution is -2.29. The lowest BCUT2D eigenvalue weighted by atomic mass is 9.95. The van der Waals surface area contributed by atoms with Crippen molar-refractivity contribution in [2.24, 2.45) is 17.6 Å². The molecule has 1 aromatic carbocycles. The van der Waals surface area contributed by atoms with E-state index in [1.54, 1.807) is 0 Å². The number of hydrogen-bond acceptors (Lipinski definition) is 4. The molecule has 3 N–H and O–H groups in total. The quantitative estimate of drug-likeness (QED) is 0.894. The summed E-state index contributed by atoms with van der Waals surface area (Å²) in [7, 11) is 0. The van der Waals surface area contributed by atoms with E-state index in [2.05, 4.69) is 5.32 Å². The maximum atomic E-state index is 12.4. The van der Waals surface area contributed by atoms with Gasteiger partial charge in [-0.05, 0) is 37.4 Å². The Labute approximate surface area is 124 Å². The minimum atomic E-state index is 0.0333. The zero-order chi connectivity index (χ0) is 14.7. The molecule has 1 aliphatic heterocycles. The molecule has 1 amide bonds. The van der Waals surface area contributed by atoms with Crippen molar-refractivity contribution in [2.75, 3.05) is 25.1 Å². The molecule has 0 spiro atoms. The molecule has 1 aliphatic carbocycles. The van der Waals surface area contributed by atoms with Crippen molar-refractivity contribution >= 4 is 11.6 Å². The molecule has 21 heavy (non-hydrogen) atoms. The normalized spacial score (nSPS) is 24.4. The van der Waals surface area contributed by atoms with Gasteiger partial charge in [-0.2, -0.15) is 0 Å². The monoisotopic (exact) mass is 290 g/mol. The number of nitrogens with two attached hydrogens (primary N) is 1. The van der Waals surface area contributed by atoms with Gasteiger partial charge in [0, 0.05) is 24.1 Å². The van der Waals surface area contributed by atoms with Crippen LogP contribution >= 0.6 is 0 Å². The van der Waals surface area contributed by atoms with E-state index in [1.807, 2.05) is 18.2 Å². The highest BCUT2D eigenvalue weighted by atomic mass is 16.5. The van der Waals surface area contributed by atoms with Crippen LogP contribution in [0.3, 0.4) is 0 Å². The number of rotatable bonds is 3. The fraction of sp³-hybridized carbons (Fsp3) is 0.562. The van der Waals surface area contributed by atoms with Gasteiger partial charge in [0.1, 0.15) is 0 Å². The summed E-state index contributed by atoms with van der Waals surface area (Å²) in [6.07, 6.45) is 3.94. The highest BCUT2D eigenvalue weighted by Crippen LogP contribution is 2.34. The van der Waals surface area contributed by atoms with Gasteiger partial charge in [0.2, 0.25) is 5.91 Å². The topological polar surface area (TPSA) is 73.6 Å². The van der Waals surface area contributed by atoms with Crippen LogP contribution in [-0.4, -0.2) is 25.7 Å². The molecular formula is C16H22N2O3. The molecule has 2 aliphatic rings. The average Bonchev–Trinajstić information content (AvgIpc) is 2.86.